The Morgan fingerprint density at radius 3 is 2.76 bits per heavy atom. The predicted octanol–water partition coefficient (Wildman–Crippen LogP) is 1.94. The van der Waals surface area contributed by atoms with Crippen LogP contribution in [-0.2, 0) is 16.0 Å². The van der Waals surface area contributed by atoms with Gasteiger partial charge in [0, 0.05) is 6.07 Å². The van der Waals surface area contributed by atoms with Crippen molar-refractivity contribution in [3.63, 3.8) is 0 Å². The normalized spacial score (nSPS) is 9.47. The quantitative estimate of drug-likeness (QED) is 0.483. The number of nitriles is 1. The van der Waals surface area contributed by atoms with E-state index < -0.39 is 10.9 Å². The van der Waals surface area contributed by atoms with Crippen molar-refractivity contribution in [3.05, 3.63) is 37.8 Å². The minimum absolute atomic E-state index is 0.173. The average molecular weight is 299 g/mol. The summed E-state index contributed by atoms with van der Waals surface area (Å²) in [7, 11) is 1.21. The number of nitro groups is 1. The molecule has 1 rings (SSSR count). The van der Waals surface area contributed by atoms with E-state index in [1.54, 1.807) is 0 Å². The Kier molecular flexibility index (Phi) is 4.17. The fourth-order valence-electron chi connectivity index (χ4n) is 1.22. The van der Waals surface area contributed by atoms with Crippen LogP contribution in [0.5, 0.6) is 0 Å². The van der Waals surface area contributed by atoms with E-state index in [9.17, 15) is 14.9 Å². The van der Waals surface area contributed by atoms with E-state index in [2.05, 4.69) is 20.7 Å². The minimum atomic E-state index is -0.591. The number of nitrogens with zero attached hydrogens (tertiary/aromatic N) is 2. The Labute approximate surface area is 105 Å². The van der Waals surface area contributed by atoms with Crippen molar-refractivity contribution in [2.24, 2.45) is 0 Å². The van der Waals surface area contributed by atoms with Crippen molar-refractivity contribution in [2.45, 2.75) is 6.42 Å². The van der Waals surface area contributed by atoms with Crippen LogP contribution < -0.4 is 0 Å². The van der Waals surface area contributed by atoms with Gasteiger partial charge in [0.25, 0.3) is 5.69 Å². The number of ether oxygens (including phenoxy) is 1. The Hall–Kier alpha value is -1.94. The molecule has 1 aromatic rings. The third-order valence-corrected chi connectivity index (χ3v) is 2.69. The van der Waals surface area contributed by atoms with Crippen molar-refractivity contribution in [3.8, 4) is 6.07 Å². The van der Waals surface area contributed by atoms with Gasteiger partial charge in [0.05, 0.1) is 34.6 Å². The van der Waals surface area contributed by atoms with Crippen LogP contribution in [0.3, 0.4) is 0 Å². The number of rotatable bonds is 3. The maximum Gasteiger partial charge on any atom is 0.310 e. The molecule has 0 spiro atoms. The zero-order valence-corrected chi connectivity index (χ0v) is 10.4. The molecule has 0 N–H and O–H groups in total. The third-order valence-electron chi connectivity index (χ3n) is 2.05. The highest BCUT2D eigenvalue weighted by atomic mass is 79.9. The predicted molar refractivity (Wildman–Crippen MR) is 61.2 cm³/mol. The smallest absolute Gasteiger partial charge is 0.310 e. The van der Waals surface area contributed by atoms with Crippen LogP contribution in [0.2, 0.25) is 0 Å². The van der Waals surface area contributed by atoms with Gasteiger partial charge in [-0.2, -0.15) is 5.26 Å². The van der Waals surface area contributed by atoms with Crippen LogP contribution in [0.1, 0.15) is 11.1 Å². The fraction of sp³-hybridized carbons (Fsp3) is 0.200. The molecule has 0 fully saturated rings. The zero-order valence-electron chi connectivity index (χ0n) is 8.77. The summed E-state index contributed by atoms with van der Waals surface area (Å²) < 4.78 is 4.66. The van der Waals surface area contributed by atoms with Gasteiger partial charge < -0.3 is 4.74 Å². The minimum Gasteiger partial charge on any atom is -0.469 e. The number of esters is 1. The second-order valence-electron chi connectivity index (χ2n) is 3.08. The molecule has 0 amide bonds. The second kappa shape index (κ2) is 5.41. The van der Waals surface area contributed by atoms with Gasteiger partial charge in [-0.3, -0.25) is 14.9 Å². The van der Waals surface area contributed by atoms with E-state index in [0.29, 0.717) is 0 Å². The highest BCUT2D eigenvalue weighted by molar-refractivity contribution is 9.10. The molecule has 0 aliphatic carbocycles. The Balaban J connectivity index is 3.27. The summed E-state index contributed by atoms with van der Waals surface area (Å²) in [4.78, 5) is 21.2. The Morgan fingerprint density at radius 2 is 2.29 bits per heavy atom. The summed E-state index contributed by atoms with van der Waals surface area (Å²) in [6.07, 6.45) is -0.173. The van der Waals surface area contributed by atoms with Gasteiger partial charge in [-0.25, -0.2) is 0 Å². The highest BCUT2D eigenvalue weighted by Crippen LogP contribution is 2.28. The van der Waals surface area contributed by atoms with Crippen LogP contribution in [0.25, 0.3) is 0 Å². The van der Waals surface area contributed by atoms with Crippen molar-refractivity contribution < 1.29 is 14.5 Å². The van der Waals surface area contributed by atoms with Gasteiger partial charge >= 0.3 is 5.97 Å². The van der Waals surface area contributed by atoms with Crippen molar-refractivity contribution in [1.82, 2.24) is 0 Å². The van der Waals surface area contributed by atoms with Gasteiger partial charge in [-0.1, -0.05) is 0 Å². The van der Waals surface area contributed by atoms with E-state index in [0.717, 1.165) is 0 Å². The summed E-state index contributed by atoms with van der Waals surface area (Å²) in [5, 5.41) is 19.6. The topological polar surface area (TPSA) is 93.2 Å². The molecule has 0 bridgehead atoms. The summed E-state index contributed by atoms with van der Waals surface area (Å²) in [5.41, 5.74) is 0.282. The number of halogens is 1. The van der Waals surface area contributed by atoms with Crippen LogP contribution in [0, 0.1) is 21.4 Å². The van der Waals surface area contributed by atoms with Gasteiger partial charge in [0.1, 0.15) is 0 Å². The lowest BCUT2D eigenvalue weighted by molar-refractivity contribution is -0.385. The molecule has 17 heavy (non-hydrogen) atoms. The SMILES string of the molecule is COC(=O)Cc1cc([N+](=O)[O-])c(Br)cc1C#N. The van der Waals surface area contributed by atoms with Crippen LogP contribution in [-0.4, -0.2) is 18.0 Å². The molecule has 7 heteroatoms. The van der Waals surface area contributed by atoms with Crippen LogP contribution in [0.4, 0.5) is 5.69 Å². The first-order chi connectivity index (χ1) is 7.99. The molecule has 0 radical (unpaired) electrons. The molecule has 0 unspecified atom stereocenters. The lowest BCUT2D eigenvalue weighted by Crippen LogP contribution is -2.07. The molecular formula is C10H7BrN2O4. The standard InChI is InChI=1S/C10H7BrN2O4/c1-17-10(14)4-6-3-9(13(15)16)8(11)2-7(6)5-12/h2-3H,4H2,1H3. The monoisotopic (exact) mass is 298 g/mol. The number of hydrogen-bond acceptors (Lipinski definition) is 5. The molecule has 6 nitrogen and oxygen atoms in total. The van der Waals surface area contributed by atoms with Gasteiger partial charge in [-0.05, 0) is 27.6 Å². The number of nitro benzene ring substituents is 1. The highest BCUT2D eigenvalue weighted by Gasteiger charge is 2.18. The lowest BCUT2D eigenvalue weighted by atomic mass is 10.0. The summed E-state index contributed by atoms with van der Waals surface area (Å²) in [6, 6.07) is 4.38. The van der Waals surface area contributed by atoms with Gasteiger partial charge in [0.15, 0.2) is 0 Å². The van der Waals surface area contributed by atoms with Crippen molar-refractivity contribution in [1.29, 1.82) is 5.26 Å². The average Bonchev–Trinajstić information content (AvgIpc) is 2.30. The molecule has 1 aromatic carbocycles. The van der Waals surface area contributed by atoms with E-state index in [-0.39, 0.29) is 27.7 Å². The van der Waals surface area contributed by atoms with Gasteiger partial charge in [0.2, 0.25) is 0 Å². The molecule has 88 valence electrons. The van der Waals surface area contributed by atoms with Crippen molar-refractivity contribution in [2.75, 3.05) is 7.11 Å². The van der Waals surface area contributed by atoms with E-state index in [4.69, 9.17) is 5.26 Å². The second-order valence-corrected chi connectivity index (χ2v) is 3.94. The molecule has 0 aliphatic heterocycles. The number of carbonyl (C=O) groups is 1. The first-order valence-corrected chi connectivity index (χ1v) is 5.22. The third kappa shape index (κ3) is 3.01. The zero-order chi connectivity index (χ0) is 13.0. The molecule has 0 saturated heterocycles. The summed E-state index contributed by atoms with van der Waals surface area (Å²) in [5.74, 6) is -0.557. The lowest BCUT2D eigenvalue weighted by Gasteiger charge is -2.04. The Bertz CT molecular complexity index is 522. The molecular weight excluding hydrogens is 292 g/mol. The maximum absolute atomic E-state index is 11.1. The van der Waals surface area contributed by atoms with E-state index in [1.165, 1.54) is 19.2 Å². The largest absolute Gasteiger partial charge is 0.469 e. The summed E-state index contributed by atoms with van der Waals surface area (Å²) in [6.45, 7) is 0. The van der Waals surface area contributed by atoms with Crippen molar-refractivity contribution >= 4 is 27.6 Å². The van der Waals surface area contributed by atoms with Gasteiger partial charge in [-0.15, -0.1) is 0 Å². The number of methoxy groups -OCH3 is 1. The molecule has 0 heterocycles. The fourth-order valence-corrected chi connectivity index (χ4v) is 1.71. The maximum atomic E-state index is 11.1. The van der Waals surface area contributed by atoms with E-state index in [1.807, 2.05) is 6.07 Å². The first-order valence-electron chi connectivity index (χ1n) is 4.43. The first kappa shape index (κ1) is 13.1. The molecule has 0 saturated carbocycles. The number of benzene rings is 1. The summed E-state index contributed by atoms with van der Waals surface area (Å²) >= 11 is 3.00. The van der Waals surface area contributed by atoms with Crippen LogP contribution >= 0.6 is 15.9 Å². The number of hydrogen-bond donors (Lipinski definition) is 0. The van der Waals surface area contributed by atoms with E-state index >= 15 is 0 Å². The van der Waals surface area contributed by atoms with Crippen LogP contribution in [0.15, 0.2) is 16.6 Å². The Morgan fingerprint density at radius 1 is 1.65 bits per heavy atom. The number of carbonyl (C=O) groups excluding carboxylic acids is 1. The molecule has 0 atom stereocenters. The molecule has 0 aromatic heterocycles. The molecule has 0 aliphatic rings.